The molecule has 0 radical (unpaired) electrons. The second-order valence-electron chi connectivity index (χ2n) is 4.86. The minimum Gasteiger partial charge on any atom is -0.508 e. The molecule has 1 fully saturated rings. The number of nitrogens with zero attached hydrogens (tertiary/aromatic N) is 1. The lowest BCUT2D eigenvalue weighted by Crippen LogP contribution is -2.43. The van der Waals surface area contributed by atoms with E-state index in [9.17, 15) is 18.3 Å². The van der Waals surface area contributed by atoms with Crippen LogP contribution in [0.25, 0.3) is 0 Å². The van der Waals surface area contributed by atoms with E-state index in [1.807, 2.05) is 6.07 Å². The van der Waals surface area contributed by atoms with Gasteiger partial charge in [0.2, 0.25) is 0 Å². The van der Waals surface area contributed by atoms with Gasteiger partial charge in [-0.1, -0.05) is 6.07 Å². The second-order valence-corrected chi connectivity index (χ2v) is 4.86. The SMILES string of the molecule is Oc1cccc(NC2CCN(CC(F)(F)F)CC2)c1. The van der Waals surface area contributed by atoms with Crippen LogP contribution in [0.2, 0.25) is 0 Å². The number of phenols is 1. The first-order valence-corrected chi connectivity index (χ1v) is 6.27. The zero-order valence-electron chi connectivity index (χ0n) is 10.5. The van der Waals surface area contributed by atoms with Crippen LogP contribution in [-0.4, -0.2) is 41.9 Å². The number of halogens is 3. The molecule has 1 aromatic rings. The Balaban J connectivity index is 1.80. The van der Waals surface area contributed by atoms with Crippen molar-refractivity contribution in [1.29, 1.82) is 0 Å². The number of alkyl halides is 3. The highest BCUT2D eigenvalue weighted by atomic mass is 19.4. The first kappa shape index (κ1) is 14.0. The number of anilines is 1. The van der Waals surface area contributed by atoms with E-state index in [0.29, 0.717) is 25.9 Å². The largest absolute Gasteiger partial charge is 0.508 e. The second kappa shape index (κ2) is 5.69. The Labute approximate surface area is 110 Å². The molecule has 6 heteroatoms. The minimum absolute atomic E-state index is 0.159. The van der Waals surface area contributed by atoms with Gasteiger partial charge in [-0.3, -0.25) is 4.90 Å². The van der Waals surface area contributed by atoms with Crippen LogP contribution in [-0.2, 0) is 0 Å². The third-order valence-electron chi connectivity index (χ3n) is 3.21. The summed E-state index contributed by atoms with van der Waals surface area (Å²) in [5.41, 5.74) is 0.800. The van der Waals surface area contributed by atoms with Crippen molar-refractivity contribution in [1.82, 2.24) is 4.90 Å². The molecule has 19 heavy (non-hydrogen) atoms. The summed E-state index contributed by atoms with van der Waals surface area (Å²) < 4.78 is 36.7. The summed E-state index contributed by atoms with van der Waals surface area (Å²) in [7, 11) is 0. The molecule has 0 unspecified atom stereocenters. The fourth-order valence-electron chi connectivity index (χ4n) is 2.32. The van der Waals surface area contributed by atoms with Gasteiger partial charge in [-0.05, 0) is 25.0 Å². The Hall–Kier alpha value is -1.43. The molecule has 106 valence electrons. The molecule has 3 nitrogen and oxygen atoms in total. The molecule has 2 rings (SSSR count). The van der Waals surface area contributed by atoms with Crippen LogP contribution in [0.3, 0.4) is 0 Å². The zero-order chi connectivity index (χ0) is 13.9. The maximum Gasteiger partial charge on any atom is 0.401 e. The van der Waals surface area contributed by atoms with Crippen LogP contribution < -0.4 is 5.32 Å². The maximum atomic E-state index is 12.2. The average molecular weight is 274 g/mol. The lowest BCUT2D eigenvalue weighted by Gasteiger charge is -2.33. The summed E-state index contributed by atoms with van der Waals surface area (Å²) in [4.78, 5) is 1.43. The van der Waals surface area contributed by atoms with Gasteiger partial charge >= 0.3 is 6.18 Å². The topological polar surface area (TPSA) is 35.5 Å². The van der Waals surface area contributed by atoms with Crippen molar-refractivity contribution >= 4 is 5.69 Å². The van der Waals surface area contributed by atoms with E-state index in [4.69, 9.17) is 0 Å². The number of hydrogen-bond donors (Lipinski definition) is 2. The van der Waals surface area contributed by atoms with Gasteiger partial charge in [-0.15, -0.1) is 0 Å². The van der Waals surface area contributed by atoms with Crippen LogP contribution in [0.15, 0.2) is 24.3 Å². The Kier molecular flexibility index (Phi) is 4.19. The number of piperidine rings is 1. The third-order valence-corrected chi connectivity index (χ3v) is 3.21. The summed E-state index contributed by atoms with van der Waals surface area (Å²) >= 11 is 0. The first-order valence-electron chi connectivity index (χ1n) is 6.27. The van der Waals surface area contributed by atoms with E-state index in [2.05, 4.69) is 5.32 Å². The van der Waals surface area contributed by atoms with Crippen molar-refractivity contribution in [2.24, 2.45) is 0 Å². The molecule has 2 N–H and O–H groups in total. The van der Waals surface area contributed by atoms with Gasteiger partial charge in [-0.2, -0.15) is 13.2 Å². The number of hydrogen-bond acceptors (Lipinski definition) is 3. The summed E-state index contributed by atoms with van der Waals surface area (Å²) in [6.45, 7) is 0.0534. The highest BCUT2D eigenvalue weighted by molar-refractivity contribution is 5.48. The van der Waals surface area contributed by atoms with Gasteiger partial charge in [0.1, 0.15) is 5.75 Å². The van der Waals surface area contributed by atoms with Crippen LogP contribution in [0.1, 0.15) is 12.8 Å². The summed E-state index contributed by atoms with van der Waals surface area (Å²) in [6, 6.07) is 6.92. The lowest BCUT2D eigenvalue weighted by molar-refractivity contribution is -0.147. The van der Waals surface area contributed by atoms with Gasteiger partial charge in [-0.25, -0.2) is 0 Å². The molecule has 1 aliphatic heterocycles. The molecule has 0 spiro atoms. The van der Waals surface area contributed by atoms with Gasteiger partial charge in [0.15, 0.2) is 0 Å². The normalized spacial score (nSPS) is 18.5. The van der Waals surface area contributed by atoms with Crippen molar-refractivity contribution in [3.8, 4) is 5.75 Å². The summed E-state index contributed by atoms with van der Waals surface area (Å²) in [6.07, 6.45) is -2.77. The minimum atomic E-state index is -4.12. The Morgan fingerprint density at radius 2 is 1.95 bits per heavy atom. The van der Waals surface area contributed by atoms with E-state index in [0.717, 1.165) is 5.69 Å². The molecule has 0 saturated carbocycles. The monoisotopic (exact) mass is 274 g/mol. The van der Waals surface area contributed by atoms with Gasteiger partial charge in [0, 0.05) is 30.9 Å². The van der Waals surface area contributed by atoms with Crippen molar-refractivity contribution in [3.05, 3.63) is 24.3 Å². The Bertz CT molecular complexity index is 415. The molecule has 1 aliphatic rings. The summed E-state index contributed by atoms with van der Waals surface area (Å²) in [5, 5.41) is 12.6. The Morgan fingerprint density at radius 3 is 2.53 bits per heavy atom. The van der Waals surface area contributed by atoms with Crippen LogP contribution in [0.4, 0.5) is 18.9 Å². The molecular weight excluding hydrogens is 257 g/mol. The quantitative estimate of drug-likeness (QED) is 0.889. The van der Waals surface area contributed by atoms with Gasteiger partial charge in [0.05, 0.1) is 6.54 Å². The van der Waals surface area contributed by atoms with Crippen LogP contribution >= 0.6 is 0 Å². The zero-order valence-corrected chi connectivity index (χ0v) is 10.5. The number of likely N-dealkylation sites (tertiary alicyclic amines) is 1. The fraction of sp³-hybridized carbons (Fsp3) is 0.538. The Morgan fingerprint density at radius 1 is 1.26 bits per heavy atom. The average Bonchev–Trinajstić information content (AvgIpc) is 2.30. The summed E-state index contributed by atoms with van der Waals surface area (Å²) in [5.74, 6) is 0.180. The van der Waals surface area contributed by atoms with Crippen LogP contribution in [0.5, 0.6) is 5.75 Å². The maximum absolute atomic E-state index is 12.2. The van der Waals surface area contributed by atoms with E-state index in [1.165, 1.54) is 4.90 Å². The van der Waals surface area contributed by atoms with Crippen molar-refractivity contribution in [2.75, 3.05) is 25.0 Å². The highest BCUT2D eigenvalue weighted by Gasteiger charge is 2.32. The molecule has 1 saturated heterocycles. The predicted molar refractivity (Wildman–Crippen MR) is 67.2 cm³/mol. The molecular formula is C13H17F3N2O. The lowest BCUT2D eigenvalue weighted by atomic mass is 10.0. The van der Waals surface area contributed by atoms with E-state index in [1.54, 1.807) is 18.2 Å². The predicted octanol–water partition coefficient (Wildman–Crippen LogP) is 2.83. The van der Waals surface area contributed by atoms with Gasteiger partial charge in [0.25, 0.3) is 0 Å². The number of benzene rings is 1. The molecule has 0 atom stereocenters. The van der Waals surface area contributed by atoms with Crippen molar-refractivity contribution < 1.29 is 18.3 Å². The van der Waals surface area contributed by atoms with E-state index in [-0.39, 0.29) is 11.8 Å². The molecule has 0 amide bonds. The standard InChI is InChI=1S/C13H17F3N2O/c14-13(15,16)9-18-6-4-10(5-7-18)17-11-2-1-3-12(19)8-11/h1-3,8,10,17,19H,4-7,9H2. The molecule has 1 aromatic carbocycles. The number of nitrogens with one attached hydrogen (secondary N) is 1. The smallest absolute Gasteiger partial charge is 0.401 e. The third kappa shape index (κ3) is 4.63. The fourth-order valence-corrected chi connectivity index (χ4v) is 2.32. The number of rotatable bonds is 3. The molecule has 0 bridgehead atoms. The van der Waals surface area contributed by atoms with E-state index < -0.39 is 12.7 Å². The van der Waals surface area contributed by atoms with E-state index >= 15 is 0 Å². The van der Waals surface area contributed by atoms with Crippen LogP contribution in [0, 0.1) is 0 Å². The van der Waals surface area contributed by atoms with Crippen molar-refractivity contribution in [2.45, 2.75) is 25.1 Å². The van der Waals surface area contributed by atoms with Crippen molar-refractivity contribution in [3.63, 3.8) is 0 Å². The molecule has 0 aliphatic carbocycles. The number of phenolic OH excluding ortho intramolecular Hbond substituents is 1. The molecule has 0 aromatic heterocycles. The first-order chi connectivity index (χ1) is 8.92. The number of aromatic hydroxyl groups is 1. The highest BCUT2D eigenvalue weighted by Crippen LogP contribution is 2.22. The molecule has 1 heterocycles. The van der Waals surface area contributed by atoms with Gasteiger partial charge < -0.3 is 10.4 Å².